The minimum absolute atomic E-state index is 0.843. The Morgan fingerprint density at radius 3 is 2.86 bits per heavy atom. The summed E-state index contributed by atoms with van der Waals surface area (Å²) in [5, 5.41) is 1.05. The van der Waals surface area contributed by atoms with Crippen LogP contribution in [0.3, 0.4) is 0 Å². The Labute approximate surface area is 91.1 Å². The molecule has 74 valence electrons. The molecule has 0 atom stereocenters. The number of methoxy groups -OCH3 is 1. The summed E-state index contributed by atoms with van der Waals surface area (Å²) >= 11 is 3.39. The number of hydrogen-bond acceptors (Lipinski definition) is 4. The first-order valence-electron chi connectivity index (χ1n) is 4.17. The van der Waals surface area contributed by atoms with Gasteiger partial charge in [-0.1, -0.05) is 6.07 Å². The van der Waals surface area contributed by atoms with Crippen molar-refractivity contribution in [3.05, 3.63) is 18.2 Å². The van der Waals surface area contributed by atoms with E-state index in [0.717, 1.165) is 21.0 Å². The van der Waals surface area contributed by atoms with Crippen LogP contribution in [0.4, 0.5) is 5.69 Å². The lowest BCUT2D eigenvalue weighted by Crippen LogP contribution is -1.87. The number of hydrogen-bond donors (Lipinski definition) is 1. The maximum atomic E-state index is 6.04. The fourth-order valence-electron chi connectivity index (χ4n) is 1.44. The Bertz CT molecular complexity index is 464. The number of benzene rings is 1. The fraction of sp³-hybridized carbons (Fsp3) is 0.200. The Balaban J connectivity index is 2.79. The third kappa shape index (κ3) is 1.35. The zero-order valence-electron chi connectivity index (χ0n) is 8.03. The van der Waals surface area contributed by atoms with E-state index in [2.05, 4.69) is 6.07 Å². The Kier molecular flexibility index (Phi) is 2.56. The molecule has 0 aliphatic rings. The Morgan fingerprint density at radius 2 is 2.21 bits per heavy atom. The molecule has 2 N–H and O–H groups in total. The first-order chi connectivity index (χ1) is 6.77. The van der Waals surface area contributed by atoms with Crippen LogP contribution in [-0.2, 0) is 0 Å². The Hall–Kier alpha value is -0.870. The van der Waals surface area contributed by atoms with Crippen LogP contribution in [0.1, 0.15) is 0 Å². The fourth-order valence-corrected chi connectivity index (χ4v) is 3.24. The zero-order valence-corrected chi connectivity index (χ0v) is 9.67. The second kappa shape index (κ2) is 3.71. The summed E-state index contributed by atoms with van der Waals surface area (Å²) in [6.07, 6.45) is 2.04. The predicted molar refractivity (Wildman–Crippen MR) is 64.6 cm³/mol. The van der Waals surface area contributed by atoms with E-state index >= 15 is 0 Å². The highest BCUT2D eigenvalue weighted by atomic mass is 32.2. The van der Waals surface area contributed by atoms with Crippen LogP contribution >= 0.6 is 23.1 Å². The normalized spacial score (nSPS) is 10.7. The van der Waals surface area contributed by atoms with Gasteiger partial charge >= 0.3 is 0 Å². The number of rotatable bonds is 2. The van der Waals surface area contributed by atoms with E-state index in [-0.39, 0.29) is 0 Å². The van der Waals surface area contributed by atoms with Gasteiger partial charge in [-0.05, 0) is 18.4 Å². The minimum Gasteiger partial charge on any atom is -0.496 e. The van der Waals surface area contributed by atoms with Gasteiger partial charge in [0.1, 0.15) is 5.75 Å². The largest absolute Gasteiger partial charge is 0.496 e. The summed E-state index contributed by atoms with van der Waals surface area (Å²) in [5.41, 5.74) is 6.88. The molecule has 0 unspecified atom stereocenters. The van der Waals surface area contributed by atoms with Gasteiger partial charge in [-0.3, -0.25) is 0 Å². The van der Waals surface area contributed by atoms with E-state index in [1.807, 2.05) is 18.4 Å². The number of ether oxygens (including phenoxy) is 1. The highest BCUT2D eigenvalue weighted by Crippen LogP contribution is 2.43. The summed E-state index contributed by atoms with van der Waals surface area (Å²) in [6, 6.07) is 6.00. The van der Waals surface area contributed by atoms with Crippen LogP contribution in [-0.4, -0.2) is 13.4 Å². The first kappa shape index (κ1) is 9.68. The van der Waals surface area contributed by atoms with E-state index in [1.165, 1.54) is 4.70 Å². The van der Waals surface area contributed by atoms with Gasteiger partial charge in [0.2, 0.25) is 0 Å². The molecule has 0 aliphatic carbocycles. The molecule has 0 radical (unpaired) electrons. The molecule has 0 bridgehead atoms. The number of nitrogen functional groups attached to an aromatic ring is 1. The van der Waals surface area contributed by atoms with Gasteiger partial charge in [-0.15, -0.1) is 23.1 Å². The summed E-state index contributed by atoms with van der Waals surface area (Å²) in [5.74, 6) is 0.858. The standard InChI is InChI=1S/C10H11NOS2/c1-12-6-4-3-5-7-8(6)9(11)10(13-2)14-7/h3-5H,11H2,1-2H3. The molecule has 0 fully saturated rings. The molecule has 2 rings (SSSR count). The van der Waals surface area contributed by atoms with E-state index in [0.29, 0.717) is 0 Å². The van der Waals surface area contributed by atoms with Gasteiger partial charge in [-0.2, -0.15) is 0 Å². The second-order valence-electron chi connectivity index (χ2n) is 2.84. The lowest BCUT2D eigenvalue weighted by Gasteiger charge is -2.01. The summed E-state index contributed by atoms with van der Waals surface area (Å²) in [6.45, 7) is 0. The van der Waals surface area contributed by atoms with Crippen LogP contribution in [0.2, 0.25) is 0 Å². The monoisotopic (exact) mass is 225 g/mol. The minimum atomic E-state index is 0.843. The molecule has 0 spiro atoms. The maximum absolute atomic E-state index is 6.04. The average Bonchev–Trinajstić information content (AvgIpc) is 2.55. The van der Waals surface area contributed by atoms with Gasteiger partial charge in [0.25, 0.3) is 0 Å². The molecular formula is C10H11NOS2. The van der Waals surface area contributed by atoms with Crippen molar-refractivity contribution >= 4 is 38.9 Å². The van der Waals surface area contributed by atoms with Gasteiger partial charge in [0.05, 0.1) is 22.4 Å². The molecule has 1 aromatic carbocycles. The van der Waals surface area contributed by atoms with Crippen LogP contribution in [0.15, 0.2) is 22.4 Å². The molecule has 2 aromatic rings. The van der Waals surface area contributed by atoms with E-state index in [4.69, 9.17) is 10.5 Å². The SMILES string of the molecule is COc1cccc2sc(SC)c(N)c12. The summed E-state index contributed by atoms with van der Waals surface area (Å²) < 4.78 is 7.63. The van der Waals surface area contributed by atoms with Crippen molar-refractivity contribution in [1.29, 1.82) is 0 Å². The average molecular weight is 225 g/mol. The topological polar surface area (TPSA) is 35.2 Å². The quantitative estimate of drug-likeness (QED) is 0.797. The van der Waals surface area contributed by atoms with E-state index in [1.54, 1.807) is 30.2 Å². The van der Waals surface area contributed by atoms with Gasteiger partial charge in [-0.25, -0.2) is 0 Å². The lowest BCUT2D eigenvalue weighted by atomic mass is 10.2. The second-order valence-corrected chi connectivity index (χ2v) is 4.97. The third-order valence-corrected chi connectivity index (χ3v) is 4.39. The number of thiophene rings is 1. The van der Waals surface area contributed by atoms with Crippen molar-refractivity contribution in [2.45, 2.75) is 4.21 Å². The van der Waals surface area contributed by atoms with Crippen molar-refractivity contribution in [2.24, 2.45) is 0 Å². The van der Waals surface area contributed by atoms with Crippen molar-refractivity contribution < 1.29 is 4.74 Å². The summed E-state index contributed by atoms with van der Waals surface area (Å²) in [4.78, 5) is 0. The molecule has 0 amide bonds. The number of anilines is 1. The number of nitrogens with two attached hydrogens (primary N) is 1. The third-order valence-electron chi connectivity index (χ3n) is 2.09. The smallest absolute Gasteiger partial charge is 0.129 e. The van der Waals surface area contributed by atoms with Crippen molar-refractivity contribution in [3.63, 3.8) is 0 Å². The van der Waals surface area contributed by atoms with Gasteiger partial charge in [0.15, 0.2) is 0 Å². The molecule has 4 heteroatoms. The number of thioether (sulfide) groups is 1. The molecule has 0 saturated heterocycles. The van der Waals surface area contributed by atoms with Crippen molar-refractivity contribution in [3.8, 4) is 5.75 Å². The number of fused-ring (bicyclic) bond motifs is 1. The Morgan fingerprint density at radius 1 is 1.43 bits per heavy atom. The molecule has 2 nitrogen and oxygen atoms in total. The zero-order chi connectivity index (χ0) is 10.1. The van der Waals surface area contributed by atoms with Gasteiger partial charge in [0, 0.05) is 4.70 Å². The molecule has 14 heavy (non-hydrogen) atoms. The van der Waals surface area contributed by atoms with Crippen LogP contribution in [0.25, 0.3) is 10.1 Å². The molecular weight excluding hydrogens is 214 g/mol. The van der Waals surface area contributed by atoms with Crippen molar-refractivity contribution in [1.82, 2.24) is 0 Å². The first-order valence-corrected chi connectivity index (χ1v) is 6.21. The summed E-state index contributed by atoms with van der Waals surface area (Å²) in [7, 11) is 1.67. The molecule has 0 aliphatic heterocycles. The van der Waals surface area contributed by atoms with E-state index in [9.17, 15) is 0 Å². The van der Waals surface area contributed by atoms with E-state index < -0.39 is 0 Å². The highest BCUT2D eigenvalue weighted by Gasteiger charge is 2.11. The highest BCUT2D eigenvalue weighted by molar-refractivity contribution is 8.00. The molecule has 1 aromatic heterocycles. The maximum Gasteiger partial charge on any atom is 0.129 e. The van der Waals surface area contributed by atoms with Crippen LogP contribution in [0, 0.1) is 0 Å². The van der Waals surface area contributed by atoms with Crippen LogP contribution < -0.4 is 10.5 Å². The van der Waals surface area contributed by atoms with Crippen molar-refractivity contribution in [2.75, 3.05) is 19.1 Å². The molecule has 1 heterocycles. The lowest BCUT2D eigenvalue weighted by molar-refractivity contribution is 0.420. The van der Waals surface area contributed by atoms with Crippen LogP contribution in [0.5, 0.6) is 5.75 Å². The molecule has 0 saturated carbocycles. The predicted octanol–water partition coefficient (Wildman–Crippen LogP) is 3.21. The van der Waals surface area contributed by atoms with Gasteiger partial charge < -0.3 is 10.5 Å².